The molecule has 3 heteroatoms. The van der Waals surface area contributed by atoms with E-state index in [2.05, 4.69) is 11.6 Å². The average molecular weight is 305 g/mol. The maximum atomic E-state index is 11.0. The van der Waals surface area contributed by atoms with E-state index in [9.17, 15) is 4.79 Å². The number of rotatable bonds is 5. The number of hydrogen-bond donors (Lipinski definition) is 2. The number of carbonyl (C=O) groups is 1. The van der Waals surface area contributed by atoms with E-state index >= 15 is 0 Å². The molecule has 0 spiro atoms. The quantitative estimate of drug-likeness (QED) is 0.705. The van der Waals surface area contributed by atoms with Gasteiger partial charge in [0, 0.05) is 23.1 Å². The molecule has 0 aliphatic rings. The summed E-state index contributed by atoms with van der Waals surface area (Å²) in [4.78, 5) is 14.5. The first-order valence-electron chi connectivity index (χ1n) is 7.64. The molecule has 2 N–H and O–H groups in total. The Balaban J connectivity index is 2.24. The van der Waals surface area contributed by atoms with Crippen molar-refractivity contribution >= 4 is 22.4 Å². The second-order valence-corrected chi connectivity index (χ2v) is 5.75. The summed E-state index contributed by atoms with van der Waals surface area (Å²) in [6, 6.07) is 16.1. The number of benzene rings is 2. The summed E-state index contributed by atoms with van der Waals surface area (Å²) in [6.07, 6.45) is 0.614. The van der Waals surface area contributed by atoms with Gasteiger partial charge >= 0.3 is 5.97 Å². The highest BCUT2D eigenvalue weighted by Crippen LogP contribution is 2.34. The van der Waals surface area contributed by atoms with Crippen LogP contribution in [0.2, 0.25) is 0 Å². The molecule has 0 aliphatic heterocycles. The molecule has 116 valence electrons. The van der Waals surface area contributed by atoms with Gasteiger partial charge in [-0.05, 0) is 30.0 Å². The minimum atomic E-state index is -0.783. The number of hydrogen-bond acceptors (Lipinski definition) is 1. The van der Waals surface area contributed by atoms with E-state index in [1.165, 1.54) is 0 Å². The highest BCUT2D eigenvalue weighted by Gasteiger charge is 2.16. The first kappa shape index (κ1) is 15.1. The van der Waals surface area contributed by atoms with E-state index < -0.39 is 5.97 Å². The standard InChI is InChI=1S/C20H19NO2/c1-13(2)15-9-6-10-16-17(11-12-18(22)23)19(21-20(15)16)14-7-4-3-5-8-14/h3-10,21H,1,11-12H2,2H3,(H,22,23). The maximum absolute atomic E-state index is 11.0. The number of nitrogens with one attached hydrogen (secondary N) is 1. The Morgan fingerprint density at radius 2 is 1.87 bits per heavy atom. The summed E-state index contributed by atoms with van der Waals surface area (Å²) in [5.74, 6) is -0.783. The Hall–Kier alpha value is -2.81. The lowest BCUT2D eigenvalue weighted by molar-refractivity contribution is -0.136. The average Bonchev–Trinajstić information content (AvgIpc) is 2.92. The maximum Gasteiger partial charge on any atom is 0.303 e. The first-order chi connectivity index (χ1) is 11.1. The predicted octanol–water partition coefficient (Wildman–Crippen LogP) is 4.89. The van der Waals surface area contributed by atoms with Crippen LogP contribution in [0.3, 0.4) is 0 Å². The Morgan fingerprint density at radius 1 is 1.13 bits per heavy atom. The van der Waals surface area contributed by atoms with Crippen LogP contribution >= 0.6 is 0 Å². The summed E-state index contributed by atoms with van der Waals surface area (Å²) in [7, 11) is 0. The summed E-state index contributed by atoms with van der Waals surface area (Å²) in [5, 5.41) is 10.1. The van der Waals surface area contributed by atoms with Crippen LogP contribution in [-0.2, 0) is 11.2 Å². The van der Waals surface area contributed by atoms with E-state index in [0.29, 0.717) is 6.42 Å². The third-order valence-corrected chi connectivity index (χ3v) is 4.05. The second kappa shape index (κ2) is 6.13. The molecule has 0 unspecified atom stereocenters. The van der Waals surface area contributed by atoms with Crippen LogP contribution in [0.15, 0.2) is 55.1 Å². The number of aromatic nitrogens is 1. The Bertz CT molecular complexity index is 875. The van der Waals surface area contributed by atoms with Crippen LogP contribution in [0, 0.1) is 0 Å². The molecule has 3 aromatic rings. The van der Waals surface area contributed by atoms with Crippen molar-refractivity contribution in [3.8, 4) is 11.3 Å². The first-order valence-corrected chi connectivity index (χ1v) is 7.64. The Labute approximate surface area is 135 Å². The molecule has 2 aromatic carbocycles. The third kappa shape index (κ3) is 2.90. The molecule has 0 atom stereocenters. The molecule has 0 fully saturated rings. The van der Waals surface area contributed by atoms with Gasteiger partial charge in [0.25, 0.3) is 0 Å². The molecule has 0 bridgehead atoms. The molecule has 1 aromatic heterocycles. The molecule has 3 nitrogen and oxygen atoms in total. The largest absolute Gasteiger partial charge is 0.481 e. The van der Waals surface area contributed by atoms with E-state index in [1.54, 1.807) is 0 Å². The fourth-order valence-corrected chi connectivity index (χ4v) is 2.97. The van der Waals surface area contributed by atoms with Crippen LogP contribution in [0.1, 0.15) is 24.5 Å². The highest BCUT2D eigenvalue weighted by molar-refractivity contribution is 5.97. The van der Waals surface area contributed by atoms with Gasteiger partial charge in [0.1, 0.15) is 0 Å². The van der Waals surface area contributed by atoms with E-state index in [1.807, 2.05) is 55.5 Å². The van der Waals surface area contributed by atoms with Gasteiger partial charge < -0.3 is 10.1 Å². The van der Waals surface area contributed by atoms with Crippen LogP contribution in [0.25, 0.3) is 27.7 Å². The SMILES string of the molecule is C=C(C)c1cccc2c(CCC(=O)O)c(-c3ccccc3)[nH]c12. The Kier molecular flexibility index (Phi) is 4.02. The molecule has 0 amide bonds. The number of H-pyrrole nitrogens is 1. The van der Waals surface area contributed by atoms with Gasteiger partial charge in [-0.3, -0.25) is 4.79 Å². The van der Waals surface area contributed by atoms with Crippen molar-refractivity contribution in [2.45, 2.75) is 19.8 Å². The van der Waals surface area contributed by atoms with Crippen molar-refractivity contribution in [2.24, 2.45) is 0 Å². The summed E-state index contributed by atoms with van der Waals surface area (Å²) < 4.78 is 0. The third-order valence-electron chi connectivity index (χ3n) is 4.05. The van der Waals surface area contributed by atoms with Gasteiger partial charge in [0.2, 0.25) is 0 Å². The topological polar surface area (TPSA) is 53.1 Å². The number of carboxylic acids is 1. The van der Waals surface area contributed by atoms with Crippen molar-refractivity contribution in [2.75, 3.05) is 0 Å². The van der Waals surface area contributed by atoms with Gasteiger partial charge in [-0.15, -0.1) is 0 Å². The van der Waals surface area contributed by atoms with Crippen molar-refractivity contribution < 1.29 is 9.90 Å². The molecule has 3 rings (SSSR count). The fraction of sp³-hybridized carbons (Fsp3) is 0.150. The zero-order chi connectivity index (χ0) is 16.4. The summed E-state index contributed by atoms with van der Waals surface area (Å²) in [5.41, 5.74) is 6.20. The highest BCUT2D eigenvalue weighted by atomic mass is 16.4. The van der Waals surface area contributed by atoms with Gasteiger partial charge in [0.05, 0.1) is 5.52 Å². The van der Waals surface area contributed by atoms with Gasteiger partial charge in [-0.1, -0.05) is 55.1 Å². The number of para-hydroxylation sites is 1. The monoisotopic (exact) mass is 305 g/mol. The number of carboxylic acid groups (broad SMARTS) is 1. The molecular weight excluding hydrogens is 286 g/mol. The number of aliphatic carboxylic acids is 1. The molecule has 0 radical (unpaired) electrons. The molecule has 0 saturated heterocycles. The fourth-order valence-electron chi connectivity index (χ4n) is 2.97. The van der Waals surface area contributed by atoms with Gasteiger partial charge in [-0.2, -0.15) is 0 Å². The normalized spacial score (nSPS) is 10.8. The number of aryl methyl sites for hydroxylation is 1. The minimum absolute atomic E-state index is 0.115. The molecular formula is C20H19NO2. The van der Waals surface area contributed by atoms with E-state index in [4.69, 9.17) is 5.11 Å². The molecule has 1 heterocycles. The van der Waals surface area contributed by atoms with Crippen molar-refractivity contribution in [1.82, 2.24) is 4.98 Å². The summed E-state index contributed by atoms with van der Waals surface area (Å²) >= 11 is 0. The van der Waals surface area contributed by atoms with E-state index in [0.717, 1.165) is 38.9 Å². The number of fused-ring (bicyclic) bond motifs is 1. The van der Waals surface area contributed by atoms with Gasteiger partial charge in [-0.25, -0.2) is 0 Å². The second-order valence-electron chi connectivity index (χ2n) is 5.75. The van der Waals surface area contributed by atoms with Crippen LogP contribution in [0.4, 0.5) is 0 Å². The van der Waals surface area contributed by atoms with Crippen molar-refractivity contribution in [3.05, 3.63) is 66.2 Å². The zero-order valence-corrected chi connectivity index (χ0v) is 13.1. The van der Waals surface area contributed by atoms with Crippen LogP contribution < -0.4 is 0 Å². The van der Waals surface area contributed by atoms with Crippen molar-refractivity contribution in [3.63, 3.8) is 0 Å². The van der Waals surface area contributed by atoms with E-state index in [-0.39, 0.29) is 6.42 Å². The summed E-state index contributed by atoms with van der Waals surface area (Å²) in [6.45, 7) is 6.03. The smallest absolute Gasteiger partial charge is 0.303 e. The van der Waals surface area contributed by atoms with Crippen LogP contribution in [-0.4, -0.2) is 16.1 Å². The lowest BCUT2D eigenvalue weighted by atomic mass is 9.99. The van der Waals surface area contributed by atoms with Crippen molar-refractivity contribution in [1.29, 1.82) is 0 Å². The Morgan fingerprint density at radius 3 is 2.52 bits per heavy atom. The number of aromatic amines is 1. The number of allylic oxidation sites excluding steroid dienone is 1. The predicted molar refractivity (Wildman–Crippen MR) is 94.4 cm³/mol. The van der Waals surface area contributed by atoms with Gasteiger partial charge in [0.15, 0.2) is 0 Å². The molecule has 0 aliphatic carbocycles. The van der Waals surface area contributed by atoms with Crippen LogP contribution in [0.5, 0.6) is 0 Å². The lowest BCUT2D eigenvalue weighted by Crippen LogP contribution is -1.98. The minimum Gasteiger partial charge on any atom is -0.481 e. The molecule has 0 saturated carbocycles. The molecule has 23 heavy (non-hydrogen) atoms. The zero-order valence-electron chi connectivity index (χ0n) is 13.1. The lowest BCUT2D eigenvalue weighted by Gasteiger charge is -2.04.